The topological polar surface area (TPSA) is 80.0 Å². The van der Waals surface area contributed by atoms with Crippen LogP contribution in [-0.2, 0) is 4.79 Å². The molecule has 0 aliphatic rings. The fraction of sp³-hybridized carbons (Fsp3) is 0.429. The van der Waals surface area contributed by atoms with Crippen molar-refractivity contribution in [2.24, 2.45) is 0 Å². The molecule has 0 bridgehead atoms. The summed E-state index contributed by atoms with van der Waals surface area (Å²) < 4.78 is 3.89. The van der Waals surface area contributed by atoms with E-state index < -0.39 is 0 Å². The Hall–Kier alpha value is -1.30. The van der Waals surface area contributed by atoms with Crippen LogP contribution in [0.3, 0.4) is 0 Å². The molecule has 4 N–H and O–H groups in total. The quantitative estimate of drug-likeness (QED) is 0.652. The highest BCUT2D eigenvalue weighted by molar-refractivity contribution is 7.10. The van der Waals surface area contributed by atoms with E-state index in [4.69, 9.17) is 5.73 Å². The summed E-state index contributed by atoms with van der Waals surface area (Å²) in [5, 5.41) is 6.48. The van der Waals surface area contributed by atoms with Crippen LogP contribution in [-0.4, -0.2) is 23.9 Å². The van der Waals surface area contributed by atoms with Gasteiger partial charge in [-0.25, -0.2) is 0 Å². The molecule has 0 aliphatic carbocycles. The monoisotopic (exact) mass is 200 g/mol. The van der Waals surface area contributed by atoms with E-state index in [2.05, 4.69) is 15.0 Å². The third-order valence-electron chi connectivity index (χ3n) is 1.46. The molecule has 5 nitrogen and oxygen atoms in total. The number of nitrogens with two attached hydrogens (primary N) is 1. The second-order valence-corrected chi connectivity index (χ2v) is 3.27. The summed E-state index contributed by atoms with van der Waals surface area (Å²) in [6.07, 6.45) is 0.453. The van der Waals surface area contributed by atoms with Gasteiger partial charge >= 0.3 is 0 Å². The van der Waals surface area contributed by atoms with Crippen LogP contribution >= 0.6 is 11.5 Å². The van der Waals surface area contributed by atoms with Gasteiger partial charge in [-0.1, -0.05) is 0 Å². The Morgan fingerprint density at radius 1 is 1.77 bits per heavy atom. The van der Waals surface area contributed by atoms with Gasteiger partial charge < -0.3 is 16.4 Å². The number of rotatable bonds is 4. The van der Waals surface area contributed by atoms with Crippen molar-refractivity contribution in [3.63, 3.8) is 0 Å². The minimum atomic E-state index is 0.0185. The standard InChI is InChI=1S/C7H12N4OS/c1-9-6(12)2-3-10-7-4-5(8)11-13-7/h4,10H,2-3H2,1H3,(H2,8,11)(H,9,12). The predicted octanol–water partition coefficient (Wildman–Crippen LogP) is 0.273. The third-order valence-corrected chi connectivity index (χ3v) is 2.22. The van der Waals surface area contributed by atoms with Gasteiger partial charge in [0.05, 0.1) is 0 Å². The molecule has 1 aromatic rings. The molecule has 1 rings (SSSR count). The van der Waals surface area contributed by atoms with Gasteiger partial charge in [-0.3, -0.25) is 4.79 Å². The van der Waals surface area contributed by atoms with Crippen molar-refractivity contribution in [1.82, 2.24) is 9.69 Å². The first-order chi connectivity index (χ1) is 6.22. The van der Waals surface area contributed by atoms with Gasteiger partial charge in [-0.15, -0.1) is 0 Å². The minimum absolute atomic E-state index is 0.0185. The van der Waals surface area contributed by atoms with Crippen molar-refractivity contribution < 1.29 is 4.79 Å². The van der Waals surface area contributed by atoms with E-state index in [1.807, 2.05) is 0 Å². The van der Waals surface area contributed by atoms with Gasteiger partial charge in [0.1, 0.15) is 10.8 Å². The van der Waals surface area contributed by atoms with Gasteiger partial charge in [-0.05, 0) is 11.5 Å². The van der Waals surface area contributed by atoms with Gasteiger partial charge in [0.25, 0.3) is 0 Å². The summed E-state index contributed by atoms with van der Waals surface area (Å²) in [6, 6.07) is 1.74. The van der Waals surface area contributed by atoms with Crippen molar-refractivity contribution in [3.05, 3.63) is 6.07 Å². The highest BCUT2D eigenvalue weighted by Crippen LogP contribution is 2.16. The van der Waals surface area contributed by atoms with E-state index in [1.165, 1.54) is 11.5 Å². The molecular weight excluding hydrogens is 188 g/mol. The molecule has 13 heavy (non-hydrogen) atoms. The average Bonchev–Trinajstić information content (AvgIpc) is 2.51. The summed E-state index contributed by atoms with van der Waals surface area (Å²) in [5.41, 5.74) is 5.42. The summed E-state index contributed by atoms with van der Waals surface area (Å²) >= 11 is 1.29. The molecule has 0 saturated carbocycles. The van der Waals surface area contributed by atoms with Gasteiger partial charge in [0, 0.05) is 26.1 Å². The van der Waals surface area contributed by atoms with E-state index in [0.29, 0.717) is 18.8 Å². The van der Waals surface area contributed by atoms with Crippen LogP contribution in [0.5, 0.6) is 0 Å². The molecule has 1 amide bonds. The summed E-state index contributed by atoms with van der Waals surface area (Å²) in [7, 11) is 1.62. The molecule has 0 atom stereocenters. The van der Waals surface area contributed by atoms with Crippen LogP contribution in [0.25, 0.3) is 0 Å². The first-order valence-electron chi connectivity index (χ1n) is 3.89. The Bertz CT molecular complexity index is 286. The molecule has 0 radical (unpaired) electrons. The number of hydrogen-bond donors (Lipinski definition) is 3. The van der Waals surface area contributed by atoms with E-state index in [9.17, 15) is 4.79 Å². The molecule has 1 aromatic heterocycles. The second-order valence-electron chi connectivity index (χ2n) is 2.47. The maximum absolute atomic E-state index is 10.8. The number of nitrogens with one attached hydrogen (secondary N) is 2. The van der Waals surface area contributed by atoms with Gasteiger partial charge in [0.15, 0.2) is 0 Å². The fourth-order valence-electron chi connectivity index (χ4n) is 0.796. The Morgan fingerprint density at radius 2 is 2.54 bits per heavy atom. The first-order valence-corrected chi connectivity index (χ1v) is 4.66. The summed E-state index contributed by atoms with van der Waals surface area (Å²) in [4.78, 5) is 10.8. The number of anilines is 2. The van der Waals surface area contributed by atoms with E-state index in [1.54, 1.807) is 13.1 Å². The molecule has 1 heterocycles. The van der Waals surface area contributed by atoms with Crippen LogP contribution in [0, 0.1) is 0 Å². The van der Waals surface area contributed by atoms with E-state index in [-0.39, 0.29) is 5.91 Å². The van der Waals surface area contributed by atoms with Crippen molar-refractivity contribution in [1.29, 1.82) is 0 Å². The first kappa shape index (κ1) is 9.79. The van der Waals surface area contributed by atoms with Crippen molar-refractivity contribution in [3.8, 4) is 0 Å². The predicted molar refractivity (Wildman–Crippen MR) is 53.7 cm³/mol. The zero-order chi connectivity index (χ0) is 9.68. The summed E-state index contributed by atoms with van der Waals surface area (Å²) in [5.74, 6) is 0.525. The molecule has 0 spiro atoms. The van der Waals surface area contributed by atoms with Crippen molar-refractivity contribution in [2.75, 3.05) is 24.6 Å². The molecule has 72 valence electrons. The normalized spacial score (nSPS) is 9.62. The average molecular weight is 200 g/mol. The Labute approximate surface area is 80.5 Å². The van der Waals surface area contributed by atoms with Crippen LogP contribution in [0.1, 0.15) is 6.42 Å². The molecule has 0 fully saturated rings. The maximum atomic E-state index is 10.8. The van der Waals surface area contributed by atoms with Crippen LogP contribution < -0.4 is 16.4 Å². The largest absolute Gasteiger partial charge is 0.383 e. The van der Waals surface area contributed by atoms with Gasteiger partial charge in [0.2, 0.25) is 5.91 Å². The number of nitrogen functional groups attached to an aromatic ring is 1. The fourth-order valence-corrected chi connectivity index (χ4v) is 1.39. The molecule has 6 heteroatoms. The lowest BCUT2D eigenvalue weighted by Gasteiger charge is -2.00. The maximum Gasteiger partial charge on any atom is 0.221 e. The number of carbonyl (C=O) groups excluding carboxylic acids is 1. The van der Waals surface area contributed by atoms with E-state index >= 15 is 0 Å². The smallest absolute Gasteiger partial charge is 0.221 e. The Kier molecular flexibility index (Phi) is 3.51. The minimum Gasteiger partial charge on any atom is -0.383 e. The lowest BCUT2D eigenvalue weighted by atomic mass is 10.4. The van der Waals surface area contributed by atoms with Crippen molar-refractivity contribution >= 4 is 28.3 Å². The molecule has 0 unspecified atom stereocenters. The lowest BCUT2D eigenvalue weighted by Crippen LogP contribution is -2.20. The molecular formula is C7H12N4OS. The molecule has 0 saturated heterocycles. The summed E-state index contributed by atoms with van der Waals surface area (Å²) in [6.45, 7) is 0.599. The number of hydrogen-bond acceptors (Lipinski definition) is 5. The zero-order valence-electron chi connectivity index (χ0n) is 7.33. The zero-order valence-corrected chi connectivity index (χ0v) is 8.15. The molecule has 0 aliphatic heterocycles. The van der Waals surface area contributed by atoms with E-state index in [0.717, 1.165) is 5.00 Å². The third kappa shape index (κ3) is 3.29. The van der Waals surface area contributed by atoms with Crippen LogP contribution in [0.15, 0.2) is 6.07 Å². The number of amides is 1. The number of nitrogens with zero attached hydrogens (tertiary/aromatic N) is 1. The van der Waals surface area contributed by atoms with Crippen LogP contribution in [0.4, 0.5) is 10.8 Å². The number of aromatic nitrogens is 1. The highest BCUT2D eigenvalue weighted by atomic mass is 32.1. The Balaban J connectivity index is 2.24. The SMILES string of the molecule is CNC(=O)CCNc1cc(N)ns1. The second kappa shape index (κ2) is 4.66. The lowest BCUT2D eigenvalue weighted by molar-refractivity contribution is -0.120. The highest BCUT2D eigenvalue weighted by Gasteiger charge is 1.99. The van der Waals surface area contributed by atoms with Gasteiger partial charge in [-0.2, -0.15) is 4.37 Å². The van der Waals surface area contributed by atoms with Crippen molar-refractivity contribution in [2.45, 2.75) is 6.42 Å². The molecule has 0 aromatic carbocycles. The number of carbonyl (C=O) groups is 1. The Morgan fingerprint density at radius 3 is 3.08 bits per heavy atom. The van der Waals surface area contributed by atoms with Crippen LogP contribution in [0.2, 0.25) is 0 Å².